The Balaban J connectivity index is 1.57. The van der Waals surface area contributed by atoms with Crippen LogP contribution in [0.2, 0.25) is 0 Å². The van der Waals surface area contributed by atoms with Gasteiger partial charge in [0.15, 0.2) is 0 Å². The molecule has 0 radical (unpaired) electrons. The molecule has 168 valence electrons. The molecule has 0 bridgehead atoms. The number of carbonyl (C=O) groups is 2. The molecule has 3 aromatic carbocycles. The first kappa shape index (κ1) is 22.3. The Morgan fingerprint density at radius 1 is 0.970 bits per heavy atom. The molecule has 6 nitrogen and oxygen atoms in total. The van der Waals surface area contributed by atoms with Gasteiger partial charge < -0.3 is 15.4 Å². The molecule has 6 heteroatoms. The second-order valence-corrected chi connectivity index (χ2v) is 7.97. The Bertz CT molecular complexity index is 1120. The normalized spacial score (nSPS) is 15.5. The highest BCUT2D eigenvalue weighted by Gasteiger charge is 2.27. The molecule has 2 N–H and O–H groups in total. The highest BCUT2D eigenvalue weighted by molar-refractivity contribution is 6.06. The van der Waals surface area contributed by atoms with Crippen molar-refractivity contribution in [1.82, 2.24) is 4.90 Å². The monoisotopic (exact) mass is 441 g/mol. The summed E-state index contributed by atoms with van der Waals surface area (Å²) in [5.74, 6) is 0.865. The molecule has 1 heterocycles. The number of carbonyl (C=O) groups excluding carboxylic acids is 2. The number of hydrogen-bond acceptors (Lipinski definition) is 4. The zero-order valence-electron chi connectivity index (χ0n) is 18.3. The van der Waals surface area contributed by atoms with E-state index in [4.69, 9.17) is 10.5 Å². The van der Waals surface area contributed by atoms with Gasteiger partial charge in [0, 0.05) is 37.0 Å². The molecule has 1 aliphatic rings. The van der Waals surface area contributed by atoms with Crippen molar-refractivity contribution in [2.24, 2.45) is 5.73 Å². The van der Waals surface area contributed by atoms with Gasteiger partial charge in [-0.1, -0.05) is 54.6 Å². The van der Waals surface area contributed by atoms with Crippen molar-refractivity contribution in [2.45, 2.75) is 12.5 Å². The van der Waals surface area contributed by atoms with E-state index in [1.807, 2.05) is 72.8 Å². The van der Waals surface area contributed by atoms with E-state index in [1.54, 1.807) is 23.1 Å². The first-order valence-corrected chi connectivity index (χ1v) is 11.0. The van der Waals surface area contributed by atoms with E-state index in [-0.39, 0.29) is 24.4 Å². The molecule has 0 spiro atoms. The van der Waals surface area contributed by atoms with Gasteiger partial charge in [-0.05, 0) is 42.3 Å². The van der Waals surface area contributed by atoms with Crippen LogP contribution in [0.25, 0.3) is 6.08 Å². The second kappa shape index (κ2) is 10.6. The number of rotatable bonds is 7. The van der Waals surface area contributed by atoms with Gasteiger partial charge in [0.05, 0.1) is 0 Å². The molecule has 33 heavy (non-hydrogen) atoms. The number of amides is 2. The van der Waals surface area contributed by atoms with Gasteiger partial charge in [-0.25, -0.2) is 0 Å². The maximum absolute atomic E-state index is 13.2. The fourth-order valence-corrected chi connectivity index (χ4v) is 3.71. The van der Waals surface area contributed by atoms with Crippen LogP contribution < -0.4 is 15.4 Å². The van der Waals surface area contributed by atoms with Crippen LogP contribution in [0.1, 0.15) is 12.0 Å². The van der Waals surface area contributed by atoms with Crippen molar-refractivity contribution >= 4 is 23.6 Å². The lowest BCUT2D eigenvalue weighted by Crippen LogP contribution is -2.42. The van der Waals surface area contributed by atoms with E-state index in [0.29, 0.717) is 30.3 Å². The second-order valence-electron chi connectivity index (χ2n) is 7.97. The molecule has 1 atom stereocenters. The van der Waals surface area contributed by atoms with Crippen molar-refractivity contribution < 1.29 is 14.3 Å². The zero-order valence-corrected chi connectivity index (χ0v) is 18.3. The van der Waals surface area contributed by atoms with Crippen molar-refractivity contribution in [3.63, 3.8) is 0 Å². The number of nitrogens with zero attached hydrogens (tertiary/aromatic N) is 2. The number of anilines is 1. The van der Waals surface area contributed by atoms with E-state index in [2.05, 4.69) is 0 Å². The molecule has 1 fully saturated rings. The summed E-state index contributed by atoms with van der Waals surface area (Å²) in [5.41, 5.74) is 7.46. The molecule has 3 aromatic rings. The third-order valence-corrected chi connectivity index (χ3v) is 5.46. The molecule has 4 rings (SSSR count). The van der Waals surface area contributed by atoms with E-state index in [0.717, 1.165) is 12.0 Å². The first-order valence-electron chi connectivity index (χ1n) is 11.0. The first-order chi connectivity index (χ1) is 16.1. The van der Waals surface area contributed by atoms with Crippen molar-refractivity contribution in [3.05, 3.63) is 96.6 Å². The van der Waals surface area contributed by atoms with Crippen LogP contribution in [0.4, 0.5) is 5.69 Å². The summed E-state index contributed by atoms with van der Waals surface area (Å²) in [6.45, 7) is 1.05. The fraction of sp³-hybridized carbons (Fsp3) is 0.185. The van der Waals surface area contributed by atoms with Gasteiger partial charge in [0.25, 0.3) is 5.91 Å². The minimum Gasteiger partial charge on any atom is -0.457 e. The van der Waals surface area contributed by atoms with Crippen molar-refractivity contribution in [1.29, 1.82) is 0 Å². The Hall–Kier alpha value is -3.90. The average Bonchev–Trinajstić information content (AvgIpc) is 3.29. The van der Waals surface area contributed by atoms with Gasteiger partial charge in [0.2, 0.25) is 5.91 Å². The van der Waals surface area contributed by atoms with Gasteiger partial charge in [-0.15, -0.1) is 0 Å². The Labute approximate surface area is 193 Å². The van der Waals surface area contributed by atoms with E-state index in [1.165, 1.54) is 11.0 Å². The number of para-hydroxylation sites is 1. The summed E-state index contributed by atoms with van der Waals surface area (Å²) in [6, 6.07) is 26.2. The van der Waals surface area contributed by atoms with Crippen molar-refractivity contribution in [3.8, 4) is 11.5 Å². The predicted molar refractivity (Wildman–Crippen MR) is 130 cm³/mol. The zero-order chi connectivity index (χ0) is 23.0. The highest BCUT2D eigenvalue weighted by Crippen LogP contribution is 2.26. The minimum absolute atomic E-state index is 0.0151. The van der Waals surface area contributed by atoms with Crippen LogP contribution in [-0.4, -0.2) is 42.4 Å². The third-order valence-electron chi connectivity index (χ3n) is 5.46. The Morgan fingerprint density at radius 3 is 2.36 bits per heavy atom. The van der Waals surface area contributed by atoms with Crippen LogP contribution in [0.3, 0.4) is 0 Å². The lowest BCUT2D eigenvalue weighted by molar-refractivity contribution is -0.130. The summed E-state index contributed by atoms with van der Waals surface area (Å²) in [4.78, 5) is 29.3. The number of hydrogen-bond donors (Lipinski definition) is 1. The molecule has 0 aliphatic carbocycles. The average molecular weight is 442 g/mol. The number of benzene rings is 3. The van der Waals surface area contributed by atoms with Gasteiger partial charge in [-0.3, -0.25) is 14.5 Å². The maximum atomic E-state index is 13.2. The van der Waals surface area contributed by atoms with Gasteiger partial charge in [-0.2, -0.15) is 0 Å². The van der Waals surface area contributed by atoms with E-state index >= 15 is 0 Å². The minimum atomic E-state index is -0.285. The highest BCUT2D eigenvalue weighted by atomic mass is 16.5. The maximum Gasteiger partial charge on any atom is 0.251 e. The van der Waals surface area contributed by atoms with Gasteiger partial charge in [0.1, 0.15) is 18.0 Å². The van der Waals surface area contributed by atoms with Crippen LogP contribution in [0.15, 0.2) is 91.0 Å². The largest absolute Gasteiger partial charge is 0.457 e. The lowest BCUT2D eigenvalue weighted by atomic mass is 10.2. The molecular weight excluding hydrogens is 414 g/mol. The SMILES string of the molecule is NC1CCN(C(=O)CN(C(=O)C=Cc2ccccc2)c2cccc(Oc3ccccc3)c2)C1. The third kappa shape index (κ3) is 6.08. The molecule has 1 unspecified atom stereocenters. The van der Waals surface area contributed by atoms with Crippen LogP contribution in [-0.2, 0) is 9.59 Å². The summed E-state index contributed by atoms with van der Waals surface area (Å²) in [7, 11) is 0. The topological polar surface area (TPSA) is 75.9 Å². The quantitative estimate of drug-likeness (QED) is 0.561. The number of likely N-dealkylation sites (tertiary alicyclic amines) is 1. The summed E-state index contributed by atoms with van der Waals surface area (Å²) < 4.78 is 5.93. The standard InChI is InChI=1S/C27H27N3O3/c28-22-16-17-29(19-22)27(32)20-30(26(31)15-14-21-8-3-1-4-9-21)23-10-7-13-25(18-23)33-24-11-5-2-6-12-24/h1-15,18,22H,16-17,19-20,28H2. The number of nitrogens with two attached hydrogens (primary N) is 1. The predicted octanol–water partition coefficient (Wildman–Crippen LogP) is 4.08. The fourth-order valence-electron chi connectivity index (χ4n) is 3.71. The molecule has 0 aromatic heterocycles. The van der Waals surface area contributed by atoms with Crippen LogP contribution in [0.5, 0.6) is 11.5 Å². The lowest BCUT2D eigenvalue weighted by Gasteiger charge is -2.25. The molecular formula is C27H27N3O3. The smallest absolute Gasteiger partial charge is 0.251 e. The van der Waals surface area contributed by atoms with E-state index in [9.17, 15) is 9.59 Å². The Morgan fingerprint density at radius 2 is 1.67 bits per heavy atom. The Kier molecular flexibility index (Phi) is 7.17. The summed E-state index contributed by atoms with van der Waals surface area (Å²) >= 11 is 0. The van der Waals surface area contributed by atoms with Crippen molar-refractivity contribution in [2.75, 3.05) is 24.5 Å². The van der Waals surface area contributed by atoms with E-state index < -0.39 is 0 Å². The molecule has 1 aliphatic heterocycles. The van der Waals surface area contributed by atoms with Gasteiger partial charge >= 0.3 is 0 Å². The summed E-state index contributed by atoms with van der Waals surface area (Å²) in [6.07, 6.45) is 4.01. The number of ether oxygens (including phenoxy) is 1. The van der Waals surface area contributed by atoms with Crippen LogP contribution in [0, 0.1) is 0 Å². The molecule has 2 amide bonds. The molecule has 0 saturated carbocycles. The molecule has 1 saturated heterocycles. The van der Waals surface area contributed by atoms with Crippen LogP contribution >= 0.6 is 0 Å². The summed E-state index contributed by atoms with van der Waals surface area (Å²) in [5, 5.41) is 0.